The number of nitro benzene ring substituents is 1. The minimum absolute atomic E-state index is 0.0473. The molecule has 2 aromatic rings. The van der Waals surface area contributed by atoms with E-state index in [2.05, 4.69) is 21.2 Å². The summed E-state index contributed by atoms with van der Waals surface area (Å²) in [5.41, 5.74) is 1.64. The Hall–Kier alpha value is -2.21. The van der Waals surface area contributed by atoms with Crippen LogP contribution < -0.4 is 5.32 Å². The Morgan fingerprint density at radius 3 is 2.50 bits per heavy atom. The van der Waals surface area contributed by atoms with Crippen LogP contribution in [0.2, 0.25) is 0 Å². The number of carbonyl (C=O) groups is 1. The monoisotopic (exact) mass is 362 g/mol. The molecule has 2 aromatic carbocycles. The van der Waals surface area contributed by atoms with Gasteiger partial charge in [-0.2, -0.15) is 0 Å². The van der Waals surface area contributed by atoms with E-state index in [1.54, 1.807) is 12.1 Å². The van der Waals surface area contributed by atoms with E-state index < -0.39 is 4.92 Å². The van der Waals surface area contributed by atoms with Crippen molar-refractivity contribution in [2.45, 2.75) is 19.4 Å². The van der Waals surface area contributed by atoms with Gasteiger partial charge in [0.2, 0.25) is 0 Å². The Balaban J connectivity index is 2.33. The molecule has 0 radical (unpaired) electrons. The second-order valence-corrected chi connectivity index (χ2v) is 5.72. The molecule has 2 rings (SSSR count). The number of nitro groups is 1. The second-order valence-electron chi connectivity index (χ2n) is 4.81. The number of nitrogens with zero attached hydrogens (tertiary/aromatic N) is 1. The fraction of sp³-hybridized carbons (Fsp3) is 0.188. The van der Waals surface area contributed by atoms with Crippen molar-refractivity contribution in [1.82, 2.24) is 0 Å². The van der Waals surface area contributed by atoms with E-state index in [4.69, 9.17) is 0 Å². The highest BCUT2D eigenvalue weighted by Gasteiger charge is 2.18. The van der Waals surface area contributed by atoms with Crippen molar-refractivity contribution in [3.8, 4) is 0 Å². The van der Waals surface area contributed by atoms with Crippen LogP contribution in [0.4, 0.5) is 11.4 Å². The number of aldehydes is 1. The van der Waals surface area contributed by atoms with E-state index in [0.29, 0.717) is 12.0 Å². The standard InChI is InChI=1S/C16H15BrN2O3/c1-2-14(12-4-6-13(17)7-5-12)18-15-8-3-11(10-20)9-16(15)19(21)22/h3-10,14,18H,2H2,1H3/t14-/m0/s1. The molecule has 1 atom stereocenters. The van der Waals surface area contributed by atoms with Gasteiger partial charge in [0.15, 0.2) is 0 Å². The van der Waals surface area contributed by atoms with Crippen LogP contribution in [0.15, 0.2) is 46.9 Å². The van der Waals surface area contributed by atoms with E-state index >= 15 is 0 Å². The van der Waals surface area contributed by atoms with E-state index in [-0.39, 0.29) is 17.3 Å². The number of anilines is 1. The van der Waals surface area contributed by atoms with Crippen molar-refractivity contribution in [3.63, 3.8) is 0 Å². The number of hydrogen-bond donors (Lipinski definition) is 1. The highest BCUT2D eigenvalue weighted by atomic mass is 79.9. The molecule has 6 heteroatoms. The van der Waals surface area contributed by atoms with Crippen LogP contribution in [-0.4, -0.2) is 11.2 Å². The maximum atomic E-state index is 11.2. The Bertz CT molecular complexity index is 686. The first kappa shape index (κ1) is 16.2. The second kappa shape index (κ2) is 7.17. The summed E-state index contributed by atoms with van der Waals surface area (Å²) >= 11 is 3.39. The molecule has 0 fully saturated rings. The lowest BCUT2D eigenvalue weighted by Gasteiger charge is -2.19. The highest BCUT2D eigenvalue weighted by molar-refractivity contribution is 9.10. The van der Waals surface area contributed by atoms with Crippen LogP contribution in [0.1, 0.15) is 35.3 Å². The molecule has 5 nitrogen and oxygen atoms in total. The molecule has 0 amide bonds. The van der Waals surface area contributed by atoms with Crippen LogP contribution in [0.25, 0.3) is 0 Å². The van der Waals surface area contributed by atoms with Crippen molar-refractivity contribution >= 4 is 33.6 Å². The summed E-state index contributed by atoms with van der Waals surface area (Å²) in [6.45, 7) is 2.01. The lowest BCUT2D eigenvalue weighted by atomic mass is 10.0. The molecule has 0 heterocycles. The van der Waals surface area contributed by atoms with Gasteiger partial charge in [-0.3, -0.25) is 14.9 Å². The van der Waals surface area contributed by atoms with Gasteiger partial charge in [0.1, 0.15) is 12.0 Å². The number of halogens is 1. The maximum Gasteiger partial charge on any atom is 0.293 e. The topological polar surface area (TPSA) is 72.2 Å². The minimum Gasteiger partial charge on any atom is -0.373 e. The molecular weight excluding hydrogens is 348 g/mol. The summed E-state index contributed by atoms with van der Waals surface area (Å²) in [5.74, 6) is 0. The average molecular weight is 363 g/mol. The minimum atomic E-state index is -0.483. The molecule has 0 aliphatic rings. The average Bonchev–Trinajstić information content (AvgIpc) is 2.53. The SMILES string of the molecule is CC[C@H](Nc1ccc(C=O)cc1[N+](=O)[O-])c1ccc(Br)cc1. The van der Waals surface area contributed by atoms with Crippen LogP contribution in [0, 0.1) is 10.1 Å². The number of hydrogen-bond acceptors (Lipinski definition) is 4. The van der Waals surface area contributed by atoms with Crippen molar-refractivity contribution in [2.75, 3.05) is 5.32 Å². The molecular formula is C16H15BrN2O3. The van der Waals surface area contributed by atoms with Gasteiger partial charge in [0.25, 0.3) is 5.69 Å². The van der Waals surface area contributed by atoms with Crippen LogP contribution in [0.5, 0.6) is 0 Å². The Labute approximate surface area is 136 Å². The number of nitrogens with one attached hydrogen (secondary N) is 1. The first-order chi connectivity index (χ1) is 10.5. The Morgan fingerprint density at radius 1 is 1.27 bits per heavy atom. The Morgan fingerprint density at radius 2 is 1.95 bits per heavy atom. The number of carbonyl (C=O) groups excluding carboxylic acids is 1. The summed E-state index contributed by atoms with van der Waals surface area (Å²) in [7, 11) is 0. The molecule has 0 saturated carbocycles. The van der Waals surface area contributed by atoms with Gasteiger partial charge in [0.05, 0.1) is 11.0 Å². The maximum absolute atomic E-state index is 11.2. The largest absolute Gasteiger partial charge is 0.373 e. The lowest BCUT2D eigenvalue weighted by Crippen LogP contribution is -2.11. The number of benzene rings is 2. The normalized spacial score (nSPS) is 11.7. The fourth-order valence-corrected chi connectivity index (χ4v) is 2.46. The van der Waals surface area contributed by atoms with Gasteiger partial charge < -0.3 is 5.32 Å². The molecule has 1 N–H and O–H groups in total. The third-order valence-corrected chi connectivity index (χ3v) is 3.89. The van der Waals surface area contributed by atoms with Gasteiger partial charge >= 0.3 is 0 Å². The highest BCUT2D eigenvalue weighted by Crippen LogP contribution is 2.30. The summed E-state index contributed by atoms with van der Waals surface area (Å²) < 4.78 is 0.979. The predicted molar refractivity (Wildman–Crippen MR) is 89.3 cm³/mol. The lowest BCUT2D eigenvalue weighted by molar-refractivity contribution is -0.384. The van der Waals surface area contributed by atoms with Crippen molar-refractivity contribution in [2.24, 2.45) is 0 Å². The van der Waals surface area contributed by atoms with E-state index in [1.807, 2.05) is 31.2 Å². The third-order valence-electron chi connectivity index (χ3n) is 3.36. The van der Waals surface area contributed by atoms with Gasteiger partial charge in [-0.15, -0.1) is 0 Å². The number of rotatable bonds is 6. The zero-order valence-electron chi connectivity index (χ0n) is 12.0. The molecule has 0 unspecified atom stereocenters. The molecule has 0 aromatic heterocycles. The van der Waals surface area contributed by atoms with E-state index in [0.717, 1.165) is 16.5 Å². The summed E-state index contributed by atoms with van der Waals surface area (Å²) in [5, 5.41) is 14.4. The fourth-order valence-electron chi connectivity index (χ4n) is 2.20. The third kappa shape index (κ3) is 3.71. The molecule has 0 saturated heterocycles. The van der Waals surface area contributed by atoms with Crippen molar-refractivity contribution in [1.29, 1.82) is 0 Å². The summed E-state index contributed by atoms with van der Waals surface area (Å²) in [6.07, 6.45) is 1.37. The van der Waals surface area contributed by atoms with Crippen molar-refractivity contribution in [3.05, 3.63) is 68.2 Å². The molecule has 114 valence electrons. The van der Waals surface area contributed by atoms with Crippen molar-refractivity contribution < 1.29 is 9.72 Å². The van der Waals surface area contributed by atoms with Gasteiger partial charge in [-0.25, -0.2) is 0 Å². The molecule has 0 aliphatic heterocycles. The predicted octanol–water partition coefficient (Wildman–Crippen LogP) is 4.73. The first-order valence-corrected chi connectivity index (χ1v) is 7.60. The molecule has 0 bridgehead atoms. The van der Waals surface area contributed by atoms with E-state index in [9.17, 15) is 14.9 Å². The zero-order chi connectivity index (χ0) is 16.1. The first-order valence-electron chi connectivity index (χ1n) is 6.80. The smallest absolute Gasteiger partial charge is 0.293 e. The van der Waals surface area contributed by atoms with Crippen LogP contribution in [-0.2, 0) is 0 Å². The summed E-state index contributed by atoms with van der Waals surface area (Å²) in [4.78, 5) is 21.5. The van der Waals surface area contributed by atoms with E-state index in [1.165, 1.54) is 6.07 Å². The molecule has 0 spiro atoms. The van der Waals surface area contributed by atoms with Gasteiger partial charge in [-0.1, -0.05) is 35.0 Å². The van der Waals surface area contributed by atoms with Gasteiger partial charge in [-0.05, 0) is 36.2 Å². The Kier molecular flexibility index (Phi) is 5.27. The quantitative estimate of drug-likeness (QED) is 0.457. The van der Waals surface area contributed by atoms with Crippen LogP contribution >= 0.6 is 15.9 Å². The van der Waals surface area contributed by atoms with Gasteiger partial charge in [0, 0.05) is 16.1 Å². The van der Waals surface area contributed by atoms with Crippen LogP contribution in [0.3, 0.4) is 0 Å². The summed E-state index contributed by atoms with van der Waals surface area (Å²) in [6, 6.07) is 12.2. The zero-order valence-corrected chi connectivity index (χ0v) is 13.5. The molecule has 0 aliphatic carbocycles. The molecule has 22 heavy (non-hydrogen) atoms.